The van der Waals surface area contributed by atoms with Gasteiger partial charge in [0.05, 0.1) is 26.9 Å². The van der Waals surface area contributed by atoms with Crippen LogP contribution >= 0.6 is 0 Å². The second kappa shape index (κ2) is 6.99. The van der Waals surface area contributed by atoms with E-state index in [0.29, 0.717) is 5.82 Å². The molecular formula is C18H20N4O4S. The lowest BCUT2D eigenvalue weighted by atomic mass is 10.0. The van der Waals surface area contributed by atoms with Crippen LogP contribution in [0.5, 0.6) is 0 Å². The standard InChI is InChI=1S/C18H20N4O4S/c1-11(2)17(18-20-13-6-4-5-7-14(13)21-18)19-15-9-8-12(27(3,25)26)10-16(15)22(23)24/h4-11,17,19H,1-3H3,(H,20,21). The van der Waals surface area contributed by atoms with Crippen molar-refractivity contribution in [2.75, 3.05) is 11.6 Å². The van der Waals surface area contributed by atoms with E-state index in [-0.39, 0.29) is 28.2 Å². The summed E-state index contributed by atoms with van der Waals surface area (Å²) in [5, 5.41) is 14.6. The third-order valence-corrected chi connectivity index (χ3v) is 5.38. The molecule has 0 aliphatic carbocycles. The van der Waals surface area contributed by atoms with Crippen molar-refractivity contribution in [3.8, 4) is 0 Å². The Morgan fingerprint density at radius 1 is 1.19 bits per heavy atom. The molecule has 0 amide bonds. The van der Waals surface area contributed by atoms with Crippen LogP contribution in [0.1, 0.15) is 25.7 Å². The molecule has 2 N–H and O–H groups in total. The summed E-state index contributed by atoms with van der Waals surface area (Å²) in [6, 6.07) is 11.1. The number of H-pyrrole nitrogens is 1. The molecule has 0 bridgehead atoms. The first-order valence-corrected chi connectivity index (χ1v) is 10.3. The van der Waals surface area contributed by atoms with Gasteiger partial charge in [0.1, 0.15) is 11.5 Å². The minimum Gasteiger partial charge on any atom is -0.369 e. The van der Waals surface area contributed by atoms with Gasteiger partial charge in [-0.1, -0.05) is 26.0 Å². The summed E-state index contributed by atoms with van der Waals surface area (Å²) in [5.41, 5.74) is 1.63. The van der Waals surface area contributed by atoms with Crippen LogP contribution in [-0.2, 0) is 9.84 Å². The lowest BCUT2D eigenvalue weighted by Crippen LogP contribution is -2.19. The molecule has 0 saturated carbocycles. The molecule has 9 heteroatoms. The van der Waals surface area contributed by atoms with E-state index < -0.39 is 14.8 Å². The third-order valence-electron chi connectivity index (χ3n) is 4.27. The van der Waals surface area contributed by atoms with E-state index in [0.717, 1.165) is 23.4 Å². The highest BCUT2D eigenvalue weighted by molar-refractivity contribution is 7.90. The lowest BCUT2D eigenvalue weighted by molar-refractivity contribution is -0.384. The molecule has 3 rings (SSSR count). The largest absolute Gasteiger partial charge is 0.369 e. The van der Waals surface area contributed by atoms with E-state index in [1.807, 2.05) is 38.1 Å². The van der Waals surface area contributed by atoms with Gasteiger partial charge in [0, 0.05) is 12.3 Å². The van der Waals surface area contributed by atoms with Crippen molar-refractivity contribution in [2.45, 2.75) is 24.8 Å². The van der Waals surface area contributed by atoms with E-state index in [1.165, 1.54) is 12.1 Å². The molecule has 3 aromatic rings. The van der Waals surface area contributed by atoms with Gasteiger partial charge < -0.3 is 10.3 Å². The van der Waals surface area contributed by atoms with Crippen LogP contribution in [0.15, 0.2) is 47.4 Å². The molecule has 1 aromatic heterocycles. The number of nitro benzene ring substituents is 1. The van der Waals surface area contributed by atoms with Crippen LogP contribution in [-0.4, -0.2) is 29.6 Å². The van der Waals surface area contributed by atoms with Crippen molar-refractivity contribution < 1.29 is 13.3 Å². The maximum Gasteiger partial charge on any atom is 0.293 e. The fraction of sp³-hybridized carbons (Fsp3) is 0.278. The number of rotatable bonds is 6. The predicted octanol–water partition coefficient (Wildman–Crippen LogP) is 3.68. The minimum absolute atomic E-state index is 0.0692. The van der Waals surface area contributed by atoms with E-state index in [2.05, 4.69) is 15.3 Å². The molecule has 27 heavy (non-hydrogen) atoms. The summed E-state index contributed by atoms with van der Waals surface area (Å²) in [7, 11) is -3.54. The van der Waals surface area contributed by atoms with Crippen LogP contribution < -0.4 is 5.32 Å². The van der Waals surface area contributed by atoms with Crippen molar-refractivity contribution in [3.63, 3.8) is 0 Å². The normalized spacial score (nSPS) is 13.0. The topological polar surface area (TPSA) is 118 Å². The summed E-state index contributed by atoms with van der Waals surface area (Å²) in [4.78, 5) is 18.6. The highest BCUT2D eigenvalue weighted by Crippen LogP contribution is 2.33. The van der Waals surface area contributed by atoms with E-state index >= 15 is 0 Å². The quantitative estimate of drug-likeness (QED) is 0.491. The second-order valence-corrected chi connectivity index (χ2v) is 8.73. The molecule has 142 valence electrons. The number of nitrogens with one attached hydrogen (secondary N) is 2. The number of benzene rings is 2. The molecule has 0 radical (unpaired) electrons. The van der Waals surface area contributed by atoms with Crippen LogP contribution in [0.2, 0.25) is 0 Å². The molecule has 1 heterocycles. The number of nitrogens with zero attached hydrogens (tertiary/aromatic N) is 2. The van der Waals surface area contributed by atoms with Gasteiger partial charge in [-0.15, -0.1) is 0 Å². The maximum atomic E-state index is 11.7. The molecule has 0 spiro atoms. The van der Waals surface area contributed by atoms with Gasteiger partial charge in [0.2, 0.25) is 0 Å². The summed E-state index contributed by atoms with van der Waals surface area (Å²) in [6.45, 7) is 3.95. The molecule has 1 atom stereocenters. The van der Waals surface area contributed by atoms with Gasteiger partial charge in [-0.2, -0.15) is 0 Å². The molecule has 0 fully saturated rings. The van der Waals surface area contributed by atoms with E-state index in [9.17, 15) is 18.5 Å². The average molecular weight is 388 g/mol. The number of fused-ring (bicyclic) bond motifs is 1. The maximum absolute atomic E-state index is 11.7. The fourth-order valence-corrected chi connectivity index (χ4v) is 3.49. The van der Waals surface area contributed by atoms with Gasteiger partial charge in [0.15, 0.2) is 9.84 Å². The molecule has 0 aliphatic heterocycles. The van der Waals surface area contributed by atoms with Gasteiger partial charge >= 0.3 is 0 Å². The van der Waals surface area contributed by atoms with Gasteiger partial charge in [-0.05, 0) is 30.2 Å². The summed E-state index contributed by atoms with van der Waals surface area (Å²) in [6.07, 6.45) is 1.02. The summed E-state index contributed by atoms with van der Waals surface area (Å²) >= 11 is 0. The number of imidazole rings is 1. The van der Waals surface area contributed by atoms with Crippen molar-refractivity contribution in [1.29, 1.82) is 0 Å². The number of hydrogen-bond acceptors (Lipinski definition) is 6. The molecule has 2 aromatic carbocycles. The smallest absolute Gasteiger partial charge is 0.293 e. The zero-order valence-electron chi connectivity index (χ0n) is 15.1. The Morgan fingerprint density at radius 3 is 2.48 bits per heavy atom. The van der Waals surface area contributed by atoms with Crippen molar-refractivity contribution in [2.24, 2.45) is 5.92 Å². The Hall–Kier alpha value is -2.94. The van der Waals surface area contributed by atoms with Crippen molar-refractivity contribution in [3.05, 3.63) is 58.4 Å². The van der Waals surface area contributed by atoms with Crippen molar-refractivity contribution >= 4 is 32.2 Å². The van der Waals surface area contributed by atoms with Gasteiger partial charge in [0.25, 0.3) is 5.69 Å². The SMILES string of the molecule is CC(C)C(Nc1ccc(S(C)(=O)=O)cc1[N+](=O)[O-])c1nc2ccccc2[nH]1. The van der Waals surface area contributed by atoms with Gasteiger partial charge in [-0.3, -0.25) is 10.1 Å². The summed E-state index contributed by atoms with van der Waals surface area (Å²) in [5.74, 6) is 0.729. The number of nitro groups is 1. The average Bonchev–Trinajstić information content (AvgIpc) is 3.01. The van der Waals surface area contributed by atoms with Crippen LogP contribution in [0.25, 0.3) is 11.0 Å². The number of para-hydroxylation sites is 2. The molecule has 8 nitrogen and oxygen atoms in total. The number of hydrogen-bond donors (Lipinski definition) is 2. The first kappa shape index (κ1) is 18.8. The number of aromatic amines is 1. The summed E-state index contributed by atoms with van der Waals surface area (Å²) < 4.78 is 23.4. The number of aromatic nitrogens is 2. The second-order valence-electron chi connectivity index (χ2n) is 6.71. The van der Waals surface area contributed by atoms with Crippen molar-refractivity contribution in [1.82, 2.24) is 9.97 Å². The van der Waals surface area contributed by atoms with Crippen LogP contribution in [0.4, 0.5) is 11.4 Å². The first-order valence-electron chi connectivity index (χ1n) is 8.36. The molecule has 1 unspecified atom stereocenters. The molecular weight excluding hydrogens is 368 g/mol. The third kappa shape index (κ3) is 3.92. The lowest BCUT2D eigenvalue weighted by Gasteiger charge is -2.21. The first-order chi connectivity index (χ1) is 12.7. The minimum atomic E-state index is -3.54. The Morgan fingerprint density at radius 2 is 1.89 bits per heavy atom. The van der Waals surface area contributed by atoms with Crippen LogP contribution in [0.3, 0.4) is 0 Å². The Balaban J connectivity index is 2.03. The van der Waals surface area contributed by atoms with Gasteiger partial charge in [-0.25, -0.2) is 13.4 Å². The number of anilines is 1. The Labute approximate surface area is 156 Å². The Bertz CT molecular complexity index is 1070. The molecule has 0 aliphatic rings. The zero-order valence-corrected chi connectivity index (χ0v) is 15.9. The highest BCUT2D eigenvalue weighted by atomic mass is 32.2. The fourth-order valence-electron chi connectivity index (χ4n) is 2.85. The molecule has 0 saturated heterocycles. The predicted molar refractivity (Wildman–Crippen MR) is 104 cm³/mol. The number of sulfone groups is 1. The van der Waals surface area contributed by atoms with Crippen LogP contribution in [0, 0.1) is 16.0 Å². The monoisotopic (exact) mass is 388 g/mol. The zero-order chi connectivity index (χ0) is 19.8. The van der Waals surface area contributed by atoms with E-state index in [1.54, 1.807) is 0 Å². The van der Waals surface area contributed by atoms with E-state index in [4.69, 9.17) is 0 Å². The highest BCUT2D eigenvalue weighted by Gasteiger charge is 2.25. The Kier molecular flexibility index (Phi) is 4.88.